The number of fused-ring (bicyclic) bond motifs is 1. The molecule has 4 rings (SSSR count). The Labute approximate surface area is 216 Å². The van der Waals surface area contributed by atoms with Crippen LogP contribution in [0.3, 0.4) is 0 Å². The van der Waals surface area contributed by atoms with E-state index in [2.05, 4.69) is 25.3 Å². The second-order valence-electron chi connectivity index (χ2n) is 8.32. The van der Waals surface area contributed by atoms with E-state index in [1.54, 1.807) is 37.2 Å². The van der Waals surface area contributed by atoms with Gasteiger partial charge in [0.05, 0.1) is 46.7 Å². The Morgan fingerprint density at radius 3 is 2.71 bits per heavy atom. The number of nitrogens with one attached hydrogen (secondary N) is 1. The van der Waals surface area contributed by atoms with Crippen LogP contribution in [0, 0.1) is 17.1 Å². The van der Waals surface area contributed by atoms with Crippen LogP contribution in [0.1, 0.15) is 40.5 Å². The smallest absolute Gasteiger partial charge is 0.295 e. The Balaban J connectivity index is 1.52. The van der Waals surface area contributed by atoms with E-state index in [1.165, 1.54) is 28.2 Å². The van der Waals surface area contributed by atoms with E-state index in [1.807, 2.05) is 6.07 Å². The number of H-pyrrole nitrogens is 1. The molecular formula is C25H24FN9O3. The third-order valence-electron chi connectivity index (χ3n) is 6.01. The predicted octanol–water partition coefficient (Wildman–Crippen LogP) is 2.33. The van der Waals surface area contributed by atoms with Gasteiger partial charge in [-0.15, -0.1) is 5.10 Å². The predicted molar refractivity (Wildman–Crippen MR) is 134 cm³/mol. The van der Waals surface area contributed by atoms with Crippen molar-refractivity contribution in [3.63, 3.8) is 0 Å². The SMILES string of the molecule is CCN(CCN(C)c1ncccc1C(=O)CCC#N)C(=O)C(=O)c1c[nH]c2c(-n3ccnn3)ncc(F)c12. The number of aromatic nitrogens is 6. The van der Waals surface area contributed by atoms with Crippen LogP contribution in [0.15, 0.2) is 43.1 Å². The molecule has 13 heteroatoms. The highest BCUT2D eigenvalue weighted by Gasteiger charge is 2.28. The first-order valence-electron chi connectivity index (χ1n) is 11.8. The maximum absolute atomic E-state index is 14.8. The summed E-state index contributed by atoms with van der Waals surface area (Å²) < 4.78 is 16.1. The summed E-state index contributed by atoms with van der Waals surface area (Å²) in [4.78, 5) is 53.1. The van der Waals surface area contributed by atoms with Crippen LogP contribution in [0.25, 0.3) is 16.7 Å². The van der Waals surface area contributed by atoms with E-state index in [4.69, 9.17) is 5.26 Å². The van der Waals surface area contributed by atoms with Crippen molar-refractivity contribution in [1.82, 2.24) is 34.8 Å². The number of nitrogens with zero attached hydrogens (tertiary/aromatic N) is 8. The van der Waals surface area contributed by atoms with Crippen LogP contribution in [0.5, 0.6) is 0 Å². The number of amides is 1. The molecule has 0 aliphatic heterocycles. The van der Waals surface area contributed by atoms with E-state index >= 15 is 0 Å². The maximum atomic E-state index is 14.8. The number of likely N-dealkylation sites (N-methyl/N-ethyl adjacent to an activating group) is 2. The van der Waals surface area contributed by atoms with E-state index in [-0.39, 0.29) is 60.5 Å². The van der Waals surface area contributed by atoms with Crippen molar-refractivity contribution in [2.75, 3.05) is 31.6 Å². The van der Waals surface area contributed by atoms with Crippen molar-refractivity contribution in [1.29, 1.82) is 5.26 Å². The zero-order valence-electron chi connectivity index (χ0n) is 20.8. The Hall–Kier alpha value is -4.99. The molecule has 0 fully saturated rings. The number of nitriles is 1. The van der Waals surface area contributed by atoms with Crippen molar-refractivity contribution in [2.45, 2.75) is 19.8 Å². The first-order chi connectivity index (χ1) is 18.4. The summed E-state index contributed by atoms with van der Waals surface area (Å²) in [7, 11) is 1.72. The van der Waals surface area contributed by atoms with E-state index in [0.717, 1.165) is 6.20 Å². The fourth-order valence-electron chi connectivity index (χ4n) is 4.03. The summed E-state index contributed by atoms with van der Waals surface area (Å²) in [5.74, 6) is -1.99. The molecule has 12 nitrogen and oxygen atoms in total. The van der Waals surface area contributed by atoms with Gasteiger partial charge in [0.2, 0.25) is 0 Å². The monoisotopic (exact) mass is 517 g/mol. The number of hydrogen-bond donors (Lipinski definition) is 1. The molecular weight excluding hydrogens is 493 g/mol. The van der Waals surface area contributed by atoms with E-state index in [9.17, 15) is 18.8 Å². The summed E-state index contributed by atoms with van der Waals surface area (Å²) >= 11 is 0. The average Bonchev–Trinajstić information content (AvgIpc) is 3.63. The summed E-state index contributed by atoms with van der Waals surface area (Å²) in [6, 6.07) is 5.23. The number of halogens is 1. The lowest BCUT2D eigenvalue weighted by Crippen LogP contribution is -2.41. The van der Waals surface area contributed by atoms with Gasteiger partial charge < -0.3 is 14.8 Å². The van der Waals surface area contributed by atoms with Crippen LogP contribution < -0.4 is 4.90 Å². The van der Waals surface area contributed by atoms with Gasteiger partial charge in [-0.3, -0.25) is 14.4 Å². The molecule has 4 heterocycles. The Morgan fingerprint density at radius 2 is 2.00 bits per heavy atom. The molecule has 1 amide bonds. The summed E-state index contributed by atoms with van der Waals surface area (Å²) in [6.07, 6.45) is 6.92. The molecule has 0 unspecified atom stereocenters. The fraction of sp³-hybridized carbons (Fsp3) is 0.280. The molecule has 194 valence electrons. The van der Waals surface area contributed by atoms with Crippen molar-refractivity contribution < 1.29 is 18.8 Å². The average molecular weight is 518 g/mol. The zero-order valence-corrected chi connectivity index (χ0v) is 20.8. The number of carbonyl (C=O) groups is 3. The quantitative estimate of drug-likeness (QED) is 0.233. The lowest BCUT2D eigenvalue weighted by Gasteiger charge is -2.25. The minimum absolute atomic E-state index is 0.0639. The number of rotatable bonds is 11. The third kappa shape index (κ3) is 5.10. The molecule has 4 aromatic heterocycles. The molecule has 0 radical (unpaired) electrons. The van der Waals surface area contributed by atoms with Gasteiger partial charge in [0.15, 0.2) is 17.4 Å². The lowest BCUT2D eigenvalue weighted by atomic mass is 10.1. The second-order valence-corrected chi connectivity index (χ2v) is 8.32. The molecule has 4 aromatic rings. The molecule has 0 saturated carbocycles. The number of Topliss-reactive ketones (excluding diaryl/α,β-unsaturated/α-hetero) is 2. The minimum atomic E-state index is -0.874. The standard InChI is InChI=1S/C25H24FN9O3/c1-3-34(13-12-33(2)23-16(6-5-9-28-23)19(36)7-4-8-27)25(38)22(37)17-14-29-21-20(17)18(26)15-30-24(21)35-11-10-31-32-35/h5-6,9-11,14-15,29H,3-4,7,12-13H2,1-2H3. The van der Waals surface area contributed by atoms with Crippen LogP contribution in [0.4, 0.5) is 10.2 Å². The highest BCUT2D eigenvalue weighted by molar-refractivity contribution is 6.45. The molecule has 0 aliphatic carbocycles. The van der Waals surface area contributed by atoms with Crippen LogP contribution >= 0.6 is 0 Å². The van der Waals surface area contributed by atoms with Crippen molar-refractivity contribution in [2.24, 2.45) is 0 Å². The number of pyridine rings is 2. The van der Waals surface area contributed by atoms with Gasteiger partial charge in [0.25, 0.3) is 11.7 Å². The van der Waals surface area contributed by atoms with Gasteiger partial charge >= 0.3 is 0 Å². The largest absolute Gasteiger partial charge is 0.357 e. The van der Waals surface area contributed by atoms with E-state index < -0.39 is 17.5 Å². The van der Waals surface area contributed by atoms with Gasteiger partial charge in [-0.1, -0.05) is 5.21 Å². The minimum Gasteiger partial charge on any atom is -0.357 e. The molecule has 0 aromatic carbocycles. The van der Waals surface area contributed by atoms with Gasteiger partial charge in [0, 0.05) is 51.9 Å². The Kier molecular flexibility index (Phi) is 7.81. The lowest BCUT2D eigenvalue weighted by molar-refractivity contribution is -0.126. The second kappa shape index (κ2) is 11.4. The van der Waals surface area contributed by atoms with Crippen LogP contribution in [-0.4, -0.2) is 79.0 Å². The number of aromatic amines is 1. The summed E-state index contributed by atoms with van der Waals surface area (Å²) in [6.45, 7) is 2.37. The maximum Gasteiger partial charge on any atom is 0.295 e. The fourth-order valence-corrected chi connectivity index (χ4v) is 4.03. The normalized spacial score (nSPS) is 10.8. The highest BCUT2D eigenvalue weighted by Crippen LogP contribution is 2.26. The molecule has 1 N–H and O–H groups in total. The van der Waals surface area contributed by atoms with Gasteiger partial charge in [-0.2, -0.15) is 5.26 Å². The molecule has 0 bridgehead atoms. The Bertz CT molecular complexity index is 1520. The van der Waals surface area contributed by atoms with Crippen molar-refractivity contribution in [3.8, 4) is 11.9 Å². The number of hydrogen-bond acceptors (Lipinski definition) is 9. The Morgan fingerprint density at radius 1 is 1.18 bits per heavy atom. The first kappa shape index (κ1) is 26.1. The van der Waals surface area contributed by atoms with Gasteiger partial charge in [-0.05, 0) is 19.1 Å². The first-order valence-corrected chi connectivity index (χ1v) is 11.8. The van der Waals surface area contributed by atoms with Crippen molar-refractivity contribution >= 4 is 34.2 Å². The third-order valence-corrected chi connectivity index (χ3v) is 6.01. The van der Waals surface area contributed by atoms with Crippen molar-refractivity contribution in [3.05, 3.63) is 60.1 Å². The molecule has 0 saturated heterocycles. The molecule has 0 aliphatic rings. The van der Waals surface area contributed by atoms with Gasteiger partial charge in [-0.25, -0.2) is 19.0 Å². The van der Waals surface area contributed by atoms with Crippen LogP contribution in [0.2, 0.25) is 0 Å². The van der Waals surface area contributed by atoms with Crippen LogP contribution in [-0.2, 0) is 4.79 Å². The summed E-state index contributed by atoms with van der Waals surface area (Å²) in [5, 5.41) is 16.3. The topological polar surface area (TPSA) is 154 Å². The number of carbonyl (C=O) groups excluding carboxylic acids is 3. The van der Waals surface area contributed by atoms with E-state index in [0.29, 0.717) is 11.4 Å². The summed E-state index contributed by atoms with van der Waals surface area (Å²) in [5.41, 5.74) is 0.466. The number of anilines is 1. The highest BCUT2D eigenvalue weighted by atomic mass is 19.1. The number of ketones is 2. The van der Waals surface area contributed by atoms with Gasteiger partial charge in [0.1, 0.15) is 5.82 Å². The molecule has 38 heavy (non-hydrogen) atoms. The molecule has 0 spiro atoms. The molecule has 0 atom stereocenters. The zero-order chi connectivity index (χ0) is 27.2.